The summed E-state index contributed by atoms with van der Waals surface area (Å²) in [7, 11) is 1.60. The normalized spacial score (nSPS) is 10.3. The summed E-state index contributed by atoms with van der Waals surface area (Å²) >= 11 is 7.50. The number of hydrogen-bond donors (Lipinski definition) is 2. The van der Waals surface area contributed by atoms with Gasteiger partial charge < -0.3 is 14.4 Å². The second kappa shape index (κ2) is 7.51. The van der Waals surface area contributed by atoms with E-state index in [1.54, 1.807) is 31.5 Å². The number of halogens is 2. The summed E-state index contributed by atoms with van der Waals surface area (Å²) in [5, 5.41) is 9.37. The quantitative estimate of drug-likeness (QED) is 0.582. The molecule has 0 aliphatic rings. The fourth-order valence-electron chi connectivity index (χ4n) is 2.21. The molecule has 0 fully saturated rings. The second-order valence-corrected chi connectivity index (χ2v) is 6.39. The van der Waals surface area contributed by atoms with E-state index < -0.39 is 5.82 Å². The zero-order valence-corrected chi connectivity index (χ0v) is 14.7. The van der Waals surface area contributed by atoms with E-state index in [1.807, 2.05) is 18.2 Å². The Hall–Kier alpha value is -2.62. The summed E-state index contributed by atoms with van der Waals surface area (Å²) in [4.78, 5) is 4.00. The Morgan fingerprint density at radius 1 is 1.24 bits per heavy atom. The molecule has 0 radical (unpaired) electrons. The topological polar surface area (TPSA) is 60.8 Å². The van der Waals surface area contributed by atoms with Gasteiger partial charge in [0.25, 0.3) is 0 Å². The van der Waals surface area contributed by atoms with Crippen LogP contribution in [0.15, 0.2) is 53.6 Å². The highest BCUT2D eigenvalue weighted by molar-refractivity contribution is 8.00. The average Bonchev–Trinajstić information content (AvgIpc) is 3.09. The van der Waals surface area contributed by atoms with Crippen molar-refractivity contribution >= 4 is 29.2 Å². The van der Waals surface area contributed by atoms with Gasteiger partial charge in [0.1, 0.15) is 11.6 Å². The number of aromatic nitrogens is 1. The molecular formula is C18H13ClFN3OS. The lowest BCUT2D eigenvalue weighted by molar-refractivity contribution is 0.415. The van der Waals surface area contributed by atoms with Gasteiger partial charge in [-0.3, -0.25) is 0 Å². The van der Waals surface area contributed by atoms with E-state index in [-0.39, 0.29) is 5.56 Å². The molecule has 7 heteroatoms. The van der Waals surface area contributed by atoms with E-state index >= 15 is 0 Å². The van der Waals surface area contributed by atoms with Gasteiger partial charge in [-0.2, -0.15) is 5.26 Å². The van der Waals surface area contributed by atoms with E-state index in [4.69, 9.17) is 21.6 Å². The Kier molecular flexibility index (Phi) is 5.17. The van der Waals surface area contributed by atoms with Crippen LogP contribution in [0.1, 0.15) is 5.56 Å². The summed E-state index contributed by atoms with van der Waals surface area (Å²) < 4.78 is 22.0. The molecule has 4 nitrogen and oxygen atoms in total. The maximum atomic E-state index is 13.9. The van der Waals surface area contributed by atoms with Gasteiger partial charge in [0.15, 0.2) is 0 Å². The number of nitrogens with zero attached hydrogens (tertiary/aromatic N) is 1. The largest absolute Gasteiger partial charge is 0.497 e. The average molecular weight is 374 g/mol. The van der Waals surface area contributed by atoms with Crippen LogP contribution in [0.4, 0.5) is 10.1 Å². The Bertz CT molecular complexity index is 952. The van der Waals surface area contributed by atoms with Crippen molar-refractivity contribution in [1.29, 1.82) is 5.26 Å². The van der Waals surface area contributed by atoms with Crippen molar-refractivity contribution in [2.45, 2.75) is 4.90 Å². The van der Waals surface area contributed by atoms with Gasteiger partial charge >= 0.3 is 0 Å². The molecule has 25 heavy (non-hydrogen) atoms. The van der Waals surface area contributed by atoms with Gasteiger partial charge in [0, 0.05) is 22.3 Å². The van der Waals surface area contributed by atoms with E-state index in [2.05, 4.69) is 9.71 Å². The first-order chi connectivity index (χ1) is 12.1. The molecule has 0 saturated carbocycles. The highest BCUT2D eigenvalue weighted by atomic mass is 35.5. The zero-order chi connectivity index (χ0) is 17.8. The first-order valence-electron chi connectivity index (χ1n) is 7.25. The van der Waals surface area contributed by atoms with Crippen LogP contribution in [0.3, 0.4) is 0 Å². The molecule has 2 aromatic carbocycles. The predicted octanol–water partition coefficient (Wildman–Crippen LogP) is 5.47. The van der Waals surface area contributed by atoms with Crippen LogP contribution in [-0.2, 0) is 0 Å². The molecular weight excluding hydrogens is 361 g/mol. The molecule has 0 aliphatic carbocycles. The number of methoxy groups -OCH3 is 1. The molecule has 126 valence electrons. The molecule has 3 aromatic rings. The fraction of sp³-hybridized carbons (Fsp3) is 0.0556. The SMILES string of the molecule is COc1ccc(Cl)c(-c2cc(SNc3ccc(C#N)cc3F)c[nH]2)c1. The number of nitriles is 1. The van der Waals surface area contributed by atoms with E-state index in [9.17, 15) is 4.39 Å². The van der Waals surface area contributed by atoms with Crippen molar-refractivity contribution in [1.82, 2.24) is 4.98 Å². The van der Waals surface area contributed by atoms with E-state index in [0.717, 1.165) is 16.2 Å². The number of benzene rings is 2. The molecule has 2 N–H and O–H groups in total. The maximum absolute atomic E-state index is 13.9. The molecule has 0 bridgehead atoms. The molecule has 1 heterocycles. The first-order valence-corrected chi connectivity index (χ1v) is 8.45. The lowest BCUT2D eigenvalue weighted by atomic mass is 10.1. The van der Waals surface area contributed by atoms with E-state index in [1.165, 1.54) is 24.1 Å². The van der Waals surface area contributed by atoms with Gasteiger partial charge in [-0.25, -0.2) is 4.39 Å². The van der Waals surface area contributed by atoms with Crippen molar-refractivity contribution < 1.29 is 9.13 Å². The molecule has 0 aliphatic heterocycles. The molecule has 3 rings (SSSR count). The Labute approximate surface area is 153 Å². The number of nitrogens with one attached hydrogen (secondary N) is 2. The number of H-pyrrole nitrogens is 1. The van der Waals surface area contributed by atoms with Gasteiger partial charge in [0.2, 0.25) is 0 Å². The van der Waals surface area contributed by atoms with Crippen LogP contribution in [0, 0.1) is 17.1 Å². The number of aromatic amines is 1. The summed E-state index contributed by atoms with van der Waals surface area (Å²) in [6, 6.07) is 13.5. The lowest BCUT2D eigenvalue weighted by Gasteiger charge is -2.06. The number of rotatable bonds is 5. The number of anilines is 1. The van der Waals surface area contributed by atoms with Crippen LogP contribution in [0.2, 0.25) is 5.02 Å². The van der Waals surface area contributed by atoms with Crippen LogP contribution < -0.4 is 9.46 Å². The van der Waals surface area contributed by atoms with Crippen molar-refractivity contribution in [2.75, 3.05) is 11.8 Å². The minimum atomic E-state index is -0.474. The maximum Gasteiger partial charge on any atom is 0.148 e. The van der Waals surface area contributed by atoms with E-state index in [0.29, 0.717) is 16.5 Å². The third-order valence-corrected chi connectivity index (χ3v) is 4.62. The minimum absolute atomic E-state index is 0.282. The molecule has 1 aromatic heterocycles. The van der Waals surface area contributed by atoms with Crippen molar-refractivity contribution in [2.24, 2.45) is 0 Å². The number of ether oxygens (including phenoxy) is 1. The van der Waals surface area contributed by atoms with Crippen LogP contribution >= 0.6 is 23.5 Å². The summed E-state index contributed by atoms with van der Waals surface area (Å²) in [6.45, 7) is 0. The van der Waals surface area contributed by atoms with Crippen molar-refractivity contribution in [3.8, 4) is 23.1 Å². The van der Waals surface area contributed by atoms with Crippen LogP contribution in [0.25, 0.3) is 11.3 Å². The fourth-order valence-corrected chi connectivity index (χ4v) is 3.12. The third kappa shape index (κ3) is 3.90. The van der Waals surface area contributed by atoms with Crippen LogP contribution in [0.5, 0.6) is 5.75 Å². The van der Waals surface area contributed by atoms with Crippen LogP contribution in [-0.4, -0.2) is 12.1 Å². The molecule has 0 unspecified atom stereocenters. The lowest BCUT2D eigenvalue weighted by Crippen LogP contribution is -1.91. The number of hydrogen-bond acceptors (Lipinski definition) is 4. The van der Waals surface area contributed by atoms with Gasteiger partial charge in [0.05, 0.1) is 29.5 Å². The monoisotopic (exact) mass is 373 g/mol. The molecule has 0 saturated heterocycles. The molecule has 0 amide bonds. The highest BCUT2D eigenvalue weighted by Crippen LogP contribution is 2.33. The molecule has 0 atom stereocenters. The smallest absolute Gasteiger partial charge is 0.148 e. The second-order valence-electron chi connectivity index (χ2n) is 5.11. The van der Waals surface area contributed by atoms with Gasteiger partial charge in [-0.05, 0) is 54.4 Å². The Morgan fingerprint density at radius 2 is 2.08 bits per heavy atom. The standard InChI is InChI=1S/C18H13ClFN3OS/c1-24-12-3-4-15(19)14(7-12)18-8-13(10-22-18)25-23-17-5-2-11(9-21)6-16(17)20/h2-8,10,22-23H,1H3. The Balaban J connectivity index is 1.75. The zero-order valence-electron chi connectivity index (χ0n) is 13.1. The molecule has 0 spiro atoms. The first kappa shape index (κ1) is 17.2. The third-order valence-electron chi connectivity index (χ3n) is 3.50. The predicted molar refractivity (Wildman–Crippen MR) is 98.4 cm³/mol. The summed E-state index contributed by atoms with van der Waals surface area (Å²) in [5.74, 6) is 0.235. The van der Waals surface area contributed by atoms with Gasteiger partial charge in [-0.1, -0.05) is 11.6 Å². The minimum Gasteiger partial charge on any atom is -0.497 e. The van der Waals surface area contributed by atoms with Gasteiger partial charge in [-0.15, -0.1) is 0 Å². The Morgan fingerprint density at radius 3 is 2.80 bits per heavy atom. The highest BCUT2D eigenvalue weighted by Gasteiger charge is 2.09. The van der Waals surface area contributed by atoms with Crippen molar-refractivity contribution in [3.63, 3.8) is 0 Å². The van der Waals surface area contributed by atoms with Crippen molar-refractivity contribution in [3.05, 3.63) is 65.1 Å². The summed E-state index contributed by atoms with van der Waals surface area (Å²) in [6.07, 6.45) is 1.80. The summed E-state index contributed by atoms with van der Waals surface area (Å²) in [5.41, 5.74) is 2.24.